The summed E-state index contributed by atoms with van der Waals surface area (Å²) < 4.78 is 69.1. The Bertz CT molecular complexity index is 1050. The highest BCUT2D eigenvalue weighted by atomic mass is 19.4. The van der Waals surface area contributed by atoms with Gasteiger partial charge in [-0.2, -0.15) is 26.3 Å². The van der Waals surface area contributed by atoms with Crippen LogP contribution < -0.4 is 0 Å². The van der Waals surface area contributed by atoms with Gasteiger partial charge in [-0.1, -0.05) is 6.07 Å². The zero-order valence-corrected chi connectivity index (χ0v) is 20.7. The van der Waals surface area contributed by atoms with Gasteiger partial charge in [0.15, 0.2) is 0 Å². The molecule has 1 fully saturated rings. The minimum Gasteiger partial charge on any atom is -0.480 e. The second kappa shape index (κ2) is 14.5. The Balaban J connectivity index is 0.000000449. The molecule has 3 N–H and O–H groups in total. The Labute approximate surface area is 218 Å². The Hall–Kier alpha value is -3.66. The molecular weight excluding hydrogens is 544 g/mol. The predicted molar refractivity (Wildman–Crippen MR) is 121 cm³/mol. The quantitative estimate of drug-likeness (QED) is 0.438. The van der Waals surface area contributed by atoms with Gasteiger partial charge < -0.3 is 19.7 Å². The first-order valence-corrected chi connectivity index (χ1v) is 11.1. The number of furan rings is 1. The molecule has 3 rings (SSSR count). The van der Waals surface area contributed by atoms with E-state index in [4.69, 9.17) is 24.2 Å². The lowest BCUT2D eigenvalue weighted by molar-refractivity contribution is -0.193. The van der Waals surface area contributed by atoms with Gasteiger partial charge in [-0.15, -0.1) is 0 Å². The van der Waals surface area contributed by atoms with E-state index in [0.717, 1.165) is 36.6 Å². The predicted octanol–water partition coefficient (Wildman–Crippen LogP) is 3.80. The van der Waals surface area contributed by atoms with Gasteiger partial charge in [-0.05, 0) is 50.6 Å². The number of halogens is 6. The third-order valence-corrected chi connectivity index (χ3v) is 5.39. The van der Waals surface area contributed by atoms with Gasteiger partial charge >= 0.3 is 30.3 Å². The largest absolute Gasteiger partial charge is 0.490 e. The number of carboxylic acids is 3. The van der Waals surface area contributed by atoms with E-state index in [2.05, 4.69) is 16.9 Å². The number of alkyl halides is 6. The number of likely N-dealkylation sites (tertiary alicyclic amines) is 1. The number of carboxylic acid groups (broad SMARTS) is 3. The van der Waals surface area contributed by atoms with Crippen molar-refractivity contribution in [2.75, 3.05) is 13.6 Å². The number of nitrogens with zero attached hydrogens (tertiary/aromatic N) is 3. The summed E-state index contributed by atoms with van der Waals surface area (Å²) in [6, 6.07) is 7.58. The molecule has 0 bridgehead atoms. The summed E-state index contributed by atoms with van der Waals surface area (Å²) in [6.07, 6.45) is -4.98. The average molecular weight is 571 g/mol. The molecule has 16 heteroatoms. The third kappa shape index (κ3) is 12.2. The van der Waals surface area contributed by atoms with Crippen molar-refractivity contribution in [1.29, 1.82) is 0 Å². The SMILES string of the molecule is Cc1ccc(CN2CCC(N(C)Cc3cccnc3)CC2C(=O)O)o1.O=C(O)C(F)(F)F.O=C(O)C(F)(F)F. The number of rotatable bonds is 6. The van der Waals surface area contributed by atoms with Gasteiger partial charge in [0.05, 0.1) is 6.54 Å². The number of aliphatic carboxylic acids is 3. The zero-order valence-electron chi connectivity index (χ0n) is 20.7. The summed E-state index contributed by atoms with van der Waals surface area (Å²) in [5, 5.41) is 23.9. The monoisotopic (exact) mass is 571 g/mol. The summed E-state index contributed by atoms with van der Waals surface area (Å²) in [7, 11) is 2.06. The standard InChI is InChI=1S/C19H25N3O3.2C2HF3O2/c1-14-5-6-17(25-14)13-22-9-7-16(10-18(22)19(23)24)21(2)12-15-4-3-8-20-11-15;2*3-2(4,5)1(6)7/h3-6,8,11,16,18H,7,9-10,12-13H2,1-2H3,(H,23,24);2*(H,6,7). The van der Waals surface area contributed by atoms with Crippen LogP contribution in [0.5, 0.6) is 0 Å². The lowest BCUT2D eigenvalue weighted by Gasteiger charge is -2.40. The summed E-state index contributed by atoms with van der Waals surface area (Å²) in [6.45, 7) is 3.97. The fraction of sp³-hybridized carbons (Fsp3) is 0.478. The van der Waals surface area contributed by atoms with Crippen molar-refractivity contribution in [3.8, 4) is 0 Å². The van der Waals surface area contributed by atoms with E-state index in [1.807, 2.05) is 42.3 Å². The smallest absolute Gasteiger partial charge is 0.480 e. The topological polar surface area (TPSA) is 144 Å². The molecule has 3 heterocycles. The lowest BCUT2D eigenvalue weighted by atomic mass is 9.95. The van der Waals surface area contributed by atoms with Crippen LogP contribution in [0.4, 0.5) is 26.3 Å². The maximum atomic E-state index is 11.8. The molecule has 0 amide bonds. The number of piperidine rings is 1. The summed E-state index contributed by atoms with van der Waals surface area (Å²) >= 11 is 0. The van der Waals surface area contributed by atoms with Crippen molar-refractivity contribution in [3.05, 3.63) is 53.7 Å². The van der Waals surface area contributed by atoms with E-state index < -0.39 is 36.3 Å². The van der Waals surface area contributed by atoms with Crippen molar-refractivity contribution in [2.24, 2.45) is 0 Å². The van der Waals surface area contributed by atoms with Gasteiger partial charge in [0.1, 0.15) is 17.6 Å². The van der Waals surface area contributed by atoms with Gasteiger partial charge in [0.2, 0.25) is 0 Å². The molecule has 0 saturated carbocycles. The van der Waals surface area contributed by atoms with Crippen molar-refractivity contribution < 1.29 is 60.5 Å². The first kappa shape index (κ1) is 33.4. The second-order valence-electron chi connectivity index (χ2n) is 8.40. The van der Waals surface area contributed by atoms with Crippen LogP contribution in [0, 0.1) is 6.92 Å². The van der Waals surface area contributed by atoms with Gasteiger partial charge in [-0.3, -0.25) is 19.6 Å². The highest BCUT2D eigenvalue weighted by Crippen LogP contribution is 2.25. The number of hydrogen-bond acceptors (Lipinski definition) is 7. The zero-order chi connectivity index (χ0) is 30.0. The number of carbonyl (C=O) groups is 3. The highest BCUT2D eigenvalue weighted by Gasteiger charge is 2.39. The molecule has 218 valence electrons. The lowest BCUT2D eigenvalue weighted by Crippen LogP contribution is -2.51. The van der Waals surface area contributed by atoms with Crippen molar-refractivity contribution in [1.82, 2.24) is 14.8 Å². The van der Waals surface area contributed by atoms with Crippen LogP contribution in [0.2, 0.25) is 0 Å². The Morgan fingerprint density at radius 3 is 2.03 bits per heavy atom. The molecule has 0 aliphatic carbocycles. The fourth-order valence-corrected chi connectivity index (χ4v) is 3.52. The first-order valence-electron chi connectivity index (χ1n) is 11.1. The summed E-state index contributed by atoms with van der Waals surface area (Å²) in [4.78, 5) is 38.0. The second-order valence-corrected chi connectivity index (χ2v) is 8.40. The number of hydrogen-bond donors (Lipinski definition) is 3. The van der Waals surface area contributed by atoms with Crippen molar-refractivity contribution >= 4 is 17.9 Å². The normalized spacial score (nSPS) is 17.9. The maximum absolute atomic E-state index is 11.8. The molecule has 1 aliphatic rings. The molecule has 0 spiro atoms. The number of aryl methyl sites for hydroxylation is 1. The van der Waals surface area contributed by atoms with E-state index in [0.29, 0.717) is 13.0 Å². The average Bonchev–Trinajstić information content (AvgIpc) is 3.23. The van der Waals surface area contributed by atoms with E-state index >= 15 is 0 Å². The van der Waals surface area contributed by atoms with Crippen molar-refractivity contribution in [2.45, 2.75) is 57.3 Å². The van der Waals surface area contributed by atoms with Crippen LogP contribution in [0.15, 0.2) is 41.1 Å². The Morgan fingerprint density at radius 2 is 1.62 bits per heavy atom. The molecule has 0 aromatic carbocycles. The molecule has 39 heavy (non-hydrogen) atoms. The van der Waals surface area contributed by atoms with Crippen LogP contribution in [-0.4, -0.2) is 86.0 Å². The Kier molecular flexibility index (Phi) is 12.4. The van der Waals surface area contributed by atoms with Crippen LogP contribution in [-0.2, 0) is 27.5 Å². The van der Waals surface area contributed by atoms with Crippen molar-refractivity contribution in [3.63, 3.8) is 0 Å². The van der Waals surface area contributed by atoms with Crippen LogP contribution in [0.3, 0.4) is 0 Å². The number of pyridine rings is 1. The van der Waals surface area contributed by atoms with Gasteiger partial charge in [0.25, 0.3) is 0 Å². The minimum absolute atomic E-state index is 0.246. The molecule has 2 unspecified atom stereocenters. The molecule has 10 nitrogen and oxygen atoms in total. The third-order valence-electron chi connectivity index (χ3n) is 5.39. The van der Waals surface area contributed by atoms with Crippen LogP contribution in [0.25, 0.3) is 0 Å². The molecule has 1 aliphatic heterocycles. The first-order chi connectivity index (χ1) is 17.9. The van der Waals surface area contributed by atoms with Crippen LogP contribution in [0.1, 0.15) is 29.9 Å². The molecule has 2 atom stereocenters. The summed E-state index contributed by atoms with van der Waals surface area (Å²) in [5.41, 5.74) is 1.14. The molecule has 2 aromatic rings. The molecule has 2 aromatic heterocycles. The molecule has 0 radical (unpaired) electrons. The number of aromatic nitrogens is 1. The van der Waals surface area contributed by atoms with Gasteiger partial charge in [0, 0.05) is 31.5 Å². The van der Waals surface area contributed by atoms with Gasteiger partial charge in [-0.25, -0.2) is 9.59 Å². The minimum atomic E-state index is -5.08. The van der Waals surface area contributed by atoms with E-state index in [-0.39, 0.29) is 6.04 Å². The Morgan fingerprint density at radius 1 is 1.05 bits per heavy atom. The van der Waals surface area contributed by atoms with E-state index in [1.54, 1.807) is 6.20 Å². The summed E-state index contributed by atoms with van der Waals surface area (Å²) in [5.74, 6) is -4.60. The highest BCUT2D eigenvalue weighted by molar-refractivity contribution is 5.74. The fourth-order valence-electron chi connectivity index (χ4n) is 3.52. The molecule has 1 saturated heterocycles. The maximum Gasteiger partial charge on any atom is 0.490 e. The van der Waals surface area contributed by atoms with Crippen LogP contribution >= 0.6 is 0 Å². The van der Waals surface area contributed by atoms with E-state index in [1.165, 1.54) is 0 Å². The molecular formula is C23H27F6N3O7. The van der Waals surface area contributed by atoms with E-state index in [9.17, 15) is 36.2 Å².